The maximum absolute atomic E-state index is 12.3. The standard InChI is InChI=1S/C15H22N2O3S/c1-10(21(4)19)9-17-14(16-11(2)15(17)18)12-5-7-13(20-3)8-6-12/h5-8,10-11,14,16H,9H2,1-4H3. The molecule has 4 atom stereocenters. The molecule has 1 fully saturated rings. The van der Waals surface area contributed by atoms with Crippen molar-refractivity contribution in [3.63, 3.8) is 0 Å². The van der Waals surface area contributed by atoms with Gasteiger partial charge in [0.1, 0.15) is 11.9 Å². The summed E-state index contributed by atoms with van der Waals surface area (Å²) in [6, 6.07) is 7.42. The number of nitrogens with zero attached hydrogens (tertiary/aromatic N) is 1. The summed E-state index contributed by atoms with van der Waals surface area (Å²) < 4.78 is 16.7. The molecule has 1 heterocycles. The van der Waals surface area contributed by atoms with Gasteiger partial charge in [0.05, 0.1) is 13.2 Å². The molecule has 0 spiro atoms. The number of ether oxygens (including phenoxy) is 1. The van der Waals surface area contributed by atoms with Crippen LogP contribution in [0.5, 0.6) is 5.75 Å². The van der Waals surface area contributed by atoms with Crippen LogP contribution in [0.4, 0.5) is 0 Å². The lowest BCUT2D eigenvalue weighted by Gasteiger charge is -2.26. The summed E-state index contributed by atoms with van der Waals surface area (Å²) in [6.07, 6.45) is 1.49. The molecule has 0 radical (unpaired) electrons. The molecule has 6 heteroatoms. The predicted octanol–water partition coefficient (Wildman–Crippen LogP) is 1.28. The Morgan fingerprint density at radius 1 is 1.38 bits per heavy atom. The van der Waals surface area contributed by atoms with Crippen molar-refractivity contribution in [2.45, 2.75) is 31.3 Å². The summed E-state index contributed by atoms with van der Waals surface area (Å²) >= 11 is 0. The van der Waals surface area contributed by atoms with Gasteiger partial charge in [0.15, 0.2) is 0 Å². The largest absolute Gasteiger partial charge is 0.497 e. The van der Waals surface area contributed by atoms with E-state index in [2.05, 4.69) is 5.32 Å². The zero-order chi connectivity index (χ0) is 15.6. The molecule has 0 aliphatic carbocycles. The first-order valence-electron chi connectivity index (χ1n) is 6.96. The van der Waals surface area contributed by atoms with Gasteiger partial charge < -0.3 is 9.64 Å². The predicted molar refractivity (Wildman–Crippen MR) is 83.6 cm³/mol. The average molecular weight is 310 g/mol. The van der Waals surface area contributed by atoms with Crippen LogP contribution in [-0.2, 0) is 15.6 Å². The van der Waals surface area contributed by atoms with Crippen molar-refractivity contribution in [1.82, 2.24) is 10.2 Å². The van der Waals surface area contributed by atoms with Crippen molar-refractivity contribution in [2.24, 2.45) is 0 Å². The van der Waals surface area contributed by atoms with Crippen molar-refractivity contribution in [3.05, 3.63) is 29.8 Å². The molecule has 0 aromatic heterocycles. The first-order valence-corrected chi connectivity index (χ1v) is 8.59. The number of carbonyl (C=O) groups is 1. The maximum Gasteiger partial charge on any atom is 0.241 e. The Morgan fingerprint density at radius 2 is 2.00 bits per heavy atom. The summed E-state index contributed by atoms with van der Waals surface area (Å²) in [4.78, 5) is 14.1. The summed E-state index contributed by atoms with van der Waals surface area (Å²) in [5.74, 6) is 0.832. The van der Waals surface area contributed by atoms with Gasteiger partial charge in [0.2, 0.25) is 5.91 Å². The van der Waals surface area contributed by atoms with E-state index >= 15 is 0 Å². The average Bonchev–Trinajstić information content (AvgIpc) is 2.75. The first kappa shape index (κ1) is 16.0. The number of hydrogen-bond donors (Lipinski definition) is 1. The van der Waals surface area contributed by atoms with Crippen molar-refractivity contribution in [2.75, 3.05) is 19.9 Å². The second kappa shape index (κ2) is 6.58. The summed E-state index contributed by atoms with van der Waals surface area (Å²) in [5, 5.41) is 3.23. The van der Waals surface area contributed by atoms with Crippen LogP contribution in [0.2, 0.25) is 0 Å². The highest BCUT2D eigenvalue weighted by Crippen LogP contribution is 2.27. The zero-order valence-electron chi connectivity index (χ0n) is 12.8. The van der Waals surface area contributed by atoms with Crippen LogP contribution in [0.15, 0.2) is 24.3 Å². The number of methoxy groups -OCH3 is 1. The summed E-state index contributed by atoms with van der Waals surface area (Å²) in [7, 11) is 0.673. The monoisotopic (exact) mass is 310 g/mol. The SMILES string of the molecule is COc1ccc(C2NC(C)C(=O)N2CC(C)S(C)=O)cc1. The molecule has 1 aromatic rings. The van der Waals surface area contributed by atoms with Crippen LogP contribution in [0, 0.1) is 0 Å². The zero-order valence-corrected chi connectivity index (χ0v) is 13.6. The van der Waals surface area contributed by atoms with Gasteiger partial charge in [-0.3, -0.25) is 14.3 Å². The first-order chi connectivity index (χ1) is 9.93. The van der Waals surface area contributed by atoms with Crippen molar-refractivity contribution in [3.8, 4) is 5.75 Å². The molecule has 116 valence electrons. The molecule has 1 saturated heterocycles. The van der Waals surface area contributed by atoms with E-state index in [1.54, 1.807) is 18.3 Å². The van der Waals surface area contributed by atoms with E-state index in [0.29, 0.717) is 6.54 Å². The van der Waals surface area contributed by atoms with Crippen molar-refractivity contribution < 1.29 is 13.7 Å². The Morgan fingerprint density at radius 3 is 2.52 bits per heavy atom. The van der Waals surface area contributed by atoms with Gasteiger partial charge in [-0.2, -0.15) is 0 Å². The van der Waals surface area contributed by atoms with Gasteiger partial charge in [-0.1, -0.05) is 12.1 Å². The molecule has 1 aromatic carbocycles. The highest BCUT2D eigenvalue weighted by molar-refractivity contribution is 7.84. The van der Waals surface area contributed by atoms with Gasteiger partial charge in [0.25, 0.3) is 0 Å². The van der Waals surface area contributed by atoms with Crippen LogP contribution >= 0.6 is 0 Å². The smallest absolute Gasteiger partial charge is 0.241 e. The minimum Gasteiger partial charge on any atom is -0.497 e. The molecule has 1 aliphatic heterocycles. The molecule has 2 rings (SSSR count). The number of hydrogen-bond acceptors (Lipinski definition) is 4. The molecule has 1 aliphatic rings. The second-order valence-corrected chi connectivity index (χ2v) is 7.17. The van der Waals surface area contributed by atoms with Gasteiger partial charge >= 0.3 is 0 Å². The lowest BCUT2D eigenvalue weighted by molar-refractivity contribution is -0.129. The van der Waals surface area contributed by atoms with Crippen LogP contribution in [0.1, 0.15) is 25.6 Å². The van der Waals surface area contributed by atoms with E-state index in [0.717, 1.165) is 11.3 Å². The number of amides is 1. The molecule has 0 bridgehead atoms. The topological polar surface area (TPSA) is 58.6 Å². The van der Waals surface area contributed by atoms with E-state index in [4.69, 9.17) is 4.74 Å². The summed E-state index contributed by atoms with van der Waals surface area (Å²) in [5.41, 5.74) is 1.00. The molecule has 21 heavy (non-hydrogen) atoms. The number of carbonyl (C=O) groups excluding carboxylic acids is 1. The fraction of sp³-hybridized carbons (Fsp3) is 0.533. The minimum absolute atomic E-state index is 0.0492. The Bertz CT molecular complexity index is 532. The van der Waals surface area contributed by atoms with Crippen LogP contribution in [0.25, 0.3) is 0 Å². The van der Waals surface area contributed by atoms with Gasteiger partial charge in [-0.05, 0) is 31.5 Å². The van der Waals surface area contributed by atoms with Crippen LogP contribution in [0.3, 0.4) is 0 Å². The third-order valence-electron chi connectivity index (χ3n) is 3.83. The second-order valence-electron chi connectivity index (χ2n) is 5.36. The van der Waals surface area contributed by atoms with E-state index in [1.165, 1.54) is 0 Å². The fourth-order valence-corrected chi connectivity index (χ4v) is 2.78. The van der Waals surface area contributed by atoms with Gasteiger partial charge in [-0.15, -0.1) is 0 Å². The number of rotatable bonds is 5. The lowest BCUT2D eigenvalue weighted by atomic mass is 10.1. The van der Waals surface area contributed by atoms with E-state index in [1.807, 2.05) is 38.1 Å². The quantitative estimate of drug-likeness (QED) is 0.890. The Balaban J connectivity index is 2.22. The normalized spacial score (nSPS) is 25.0. The van der Waals surface area contributed by atoms with Gasteiger partial charge in [-0.25, -0.2) is 0 Å². The highest BCUT2D eigenvalue weighted by Gasteiger charge is 2.37. The fourth-order valence-electron chi connectivity index (χ4n) is 2.41. The Hall–Kier alpha value is -1.40. The lowest BCUT2D eigenvalue weighted by Crippen LogP contribution is -2.37. The maximum atomic E-state index is 12.3. The molecular formula is C15H22N2O3S. The van der Waals surface area contributed by atoms with E-state index < -0.39 is 10.8 Å². The summed E-state index contributed by atoms with van der Waals surface area (Å²) in [6.45, 7) is 4.24. The molecule has 1 N–H and O–H groups in total. The van der Waals surface area contributed by atoms with Crippen molar-refractivity contribution in [1.29, 1.82) is 0 Å². The van der Waals surface area contributed by atoms with Crippen molar-refractivity contribution >= 4 is 16.7 Å². The number of nitrogens with one attached hydrogen (secondary N) is 1. The third-order valence-corrected chi connectivity index (χ3v) is 5.11. The van der Waals surface area contributed by atoms with E-state index in [-0.39, 0.29) is 23.4 Å². The number of benzene rings is 1. The molecule has 5 nitrogen and oxygen atoms in total. The van der Waals surface area contributed by atoms with E-state index in [9.17, 15) is 9.00 Å². The molecule has 4 unspecified atom stereocenters. The van der Waals surface area contributed by atoms with Crippen LogP contribution in [-0.4, -0.2) is 46.2 Å². The Kier molecular flexibility index (Phi) is 5.00. The molecule has 1 amide bonds. The Labute approximate surface area is 128 Å². The minimum atomic E-state index is -0.951. The molecular weight excluding hydrogens is 288 g/mol. The highest BCUT2D eigenvalue weighted by atomic mass is 32.2. The van der Waals surface area contributed by atoms with Crippen LogP contribution < -0.4 is 10.1 Å². The molecule has 0 saturated carbocycles. The third kappa shape index (κ3) is 3.44. The van der Waals surface area contributed by atoms with Gasteiger partial charge in [0, 0.05) is 28.9 Å².